The minimum Gasteiger partial charge on any atom is -1.00 e. The molecule has 1 aliphatic rings. The van der Waals surface area contributed by atoms with Crippen molar-refractivity contribution in [2.75, 3.05) is 0 Å². The third-order valence-electron chi connectivity index (χ3n) is 1.43. The smallest absolute Gasteiger partial charge is 1.00 e. The van der Waals surface area contributed by atoms with E-state index in [0.29, 0.717) is 0 Å². The van der Waals surface area contributed by atoms with Crippen LogP contribution in [0, 0.1) is 13.0 Å². The second-order valence-corrected chi connectivity index (χ2v) is 2.49. The Labute approximate surface area is 120 Å². The molecule has 78 valence electrons. The van der Waals surface area contributed by atoms with Crippen LogP contribution in [0.15, 0.2) is 48.6 Å². The minimum atomic E-state index is 0. The van der Waals surface area contributed by atoms with Gasteiger partial charge in [0.15, 0.2) is 0 Å². The zero-order valence-electron chi connectivity index (χ0n) is 8.29. The van der Waals surface area contributed by atoms with Gasteiger partial charge in [0.25, 0.3) is 0 Å². The normalized spacial score (nSPS) is 9.87. The zero-order valence-corrected chi connectivity index (χ0v) is 11.4. The van der Waals surface area contributed by atoms with Gasteiger partial charge in [0.05, 0.1) is 0 Å². The van der Waals surface area contributed by atoms with Crippen LogP contribution in [-0.4, -0.2) is 0 Å². The van der Waals surface area contributed by atoms with E-state index in [4.69, 9.17) is 0 Å². The Morgan fingerprint density at radius 3 is 1.87 bits per heavy atom. The van der Waals surface area contributed by atoms with Crippen molar-refractivity contribution in [1.29, 1.82) is 0 Å². The van der Waals surface area contributed by atoms with Gasteiger partial charge in [-0.1, -0.05) is 6.07 Å². The predicted molar refractivity (Wildman–Crippen MR) is 52.5 cm³/mol. The molecule has 0 unspecified atom stereocenters. The minimum absolute atomic E-state index is 0. The van der Waals surface area contributed by atoms with Gasteiger partial charge >= 0.3 is 21.7 Å². The maximum atomic E-state index is 3.72. The quantitative estimate of drug-likeness (QED) is 0.354. The van der Waals surface area contributed by atoms with E-state index in [2.05, 4.69) is 19.1 Å². The van der Waals surface area contributed by atoms with Gasteiger partial charge in [-0.2, -0.15) is 30.7 Å². The number of hydrogen-bond acceptors (Lipinski definition) is 0. The van der Waals surface area contributed by atoms with Crippen LogP contribution in [0.5, 0.6) is 0 Å². The molecule has 0 amide bonds. The maximum absolute atomic E-state index is 3.72. The van der Waals surface area contributed by atoms with Crippen LogP contribution in [0.1, 0.15) is 12.0 Å². The van der Waals surface area contributed by atoms with Crippen LogP contribution >= 0.6 is 0 Å². The topological polar surface area (TPSA) is 0 Å². The van der Waals surface area contributed by atoms with Gasteiger partial charge in [-0.05, 0) is 0 Å². The maximum Gasteiger partial charge on any atom is 4.00 e. The van der Waals surface area contributed by atoms with Crippen LogP contribution in [0.2, 0.25) is 0 Å². The molecule has 0 fully saturated rings. The van der Waals surface area contributed by atoms with Gasteiger partial charge in [0.1, 0.15) is 0 Å². The average Bonchev–Trinajstić information content (AvgIpc) is 2.62. The first-order valence-corrected chi connectivity index (χ1v) is 3.98. The van der Waals surface area contributed by atoms with Crippen LogP contribution in [0.4, 0.5) is 0 Å². The fourth-order valence-electron chi connectivity index (χ4n) is 0.818. The summed E-state index contributed by atoms with van der Waals surface area (Å²) >= 11 is 0. The molecule has 1 aromatic rings. The number of allylic oxidation sites excluding steroid dienone is 4. The molecule has 0 saturated heterocycles. The molecule has 15 heavy (non-hydrogen) atoms. The summed E-state index contributed by atoms with van der Waals surface area (Å²) in [4.78, 5) is 0. The van der Waals surface area contributed by atoms with Crippen molar-refractivity contribution >= 4 is 0 Å². The molecule has 0 aromatic heterocycles. The molecule has 0 atom stereocenters. The Morgan fingerprint density at radius 1 is 1.07 bits per heavy atom. The van der Waals surface area contributed by atoms with Gasteiger partial charge < -0.3 is 24.8 Å². The first-order valence-electron chi connectivity index (χ1n) is 3.98. The molecular formula is C12H12Cl2Ti. The second kappa shape index (κ2) is 13.9. The molecule has 0 aliphatic heterocycles. The number of hydrogen-bond donors (Lipinski definition) is 0. The third kappa shape index (κ3) is 11.8. The second-order valence-electron chi connectivity index (χ2n) is 2.49. The zero-order chi connectivity index (χ0) is 8.65. The molecule has 0 nitrogen and oxygen atoms in total. The summed E-state index contributed by atoms with van der Waals surface area (Å²) < 4.78 is 0. The molecule has 3 heteroatoms. The molecule has 1 aromatic carbocycles. The summed E-state index contributed by atoms with van der Waals surface area (Å²) in [5.41, 5.74) is 1.07. The van der Waals surface area contributed by atoms with Crippen molar-refractivity contribution in [2.24, 2.45) is 0 Å². The molecule has 0 saturated carbocycles. The van der Waals surface area contributed by atoms with Gasteiger partial charge in [0, 0.05) is 0 Å². The first kappa shape index (κ1) is 20.3. The number of benzene rings is 1. The van der Waals surface area contributed by atoms with Crippen molar-refractivity contribution in [3.05, 3.63) is 67.1 Å². The van der Waals surface area contributed by atoms with Crippen molar-refractivity contribution in [2.45, 2.75) is 6.42 Å². The van der Waals surface area contributed by atoms with Crippen molar-refractivity contribution < 1.29 is 46.5 Å². The van der Waals surface area contributed by atoms with Gasteiger partial charge in [-0.15, -0.1) is 18.6 Å². The summed E-state index contributed by atoms with van der Waals surface area (Å²) in [5.74, 6) is 0. The van der Waals surface area contributed by atoms with Crippen LogP contribution < -0.4 is 24.8 Å². The monoisotopic (exact) mass is 274 g/mol. The molecule has 0 spiro atoms. The molecule has 1 aliphatic carbocycles. The summed E-state index contributed by atoms with van der Waals surface area (Å²) in [6.45, 7) is 3.72. The Morgan fingerprint density at radius 2 is 1.67 bits per heavy atom. The first-order chi connectivity index (χ1) is 5.89. The Kier molecular flexibility index (Phi) is 18.8. The number of rotatable bonds is 0. The average molecular weight is 275 g/mol. The van der Waals surface area contributed by atoms with E-state index in [1.807, 2.05) is 42.5 Å². The van der Waals surface area contributed by atoms with E-state index in [9.17, 15) is 0 Å². The summed E-state index contributed by atoms with van der Waals surface area (Å²) in [6, 6.07) is 9.87. The largest absolute Gasteiger partial charge is 4.00 e. The van der Waals surface area contributed by atoms with Crippen LogP contribution in [0.3, 0.4) is 0 Å². The van der Waals surface area contributed by atoms with E-state index in [0.717, 1.165) is 12.0 Å². The Hall–Kier alpha value is -0.136. The van der Waals surface area contributed by atoms with E-state index in [-0.39, 0.29) is 46.5 Å². The van der Waals surface area contributed by atoms with E-state index in [1.165, 1.54) is 0 Å². The summed E-state index contributed by atoms with van der Waals surface area (Å²) in [7, 11) is 0. The predicted octanol–water partition coefficient (Wildman–Crippen LogP) is -2.82. The fourth-order valence-corrected chi connectivity index (χ4v) is 0.818. The van der Waals surface area contributed by atoms with Gasteiger partial charge in [-0.25, -0.2) is 12.2 Å². The van der Waals surface area contributed by atoms with E-state index < -0.39 is 0 Å². The molecule has 0 N–H and O–H groups in total. The molecule has 0 heterocycles. The third-order valence-corrected chi connectivity index (χ3v) is 1.43. The fraction of sp³-hybridized carbons (Fsp3) is 0.0833. The molecular weight excluding hydrogens is 263 g/mol. The SMILES string of the molecule is [C-]1=CC=CC1.[CH2-]c1ccccc1.[Cl-].[Cl-].[Ti+4]. The summed E-state index contributed by atoms with van der Waals surface area (Å²) in [6.07, 6.45) is 10.0. The number of halogens is 2. The van der Waals surface area contributed by atoms with Crippen molar-refractivity contribution in [3.8, 4) is 0 Å². The van der Waals surface area contributed by atoms with E-state index in [1.54, 1.807) is 0 Å². The van der Waals surface area contributed by atoms with Crippen LogP contribution in [0.25, 0.3) is 0 Å². The Bertz CT molecular complexity index is 258. The molecule has 0 bridgehead atoms. The molecule has 2 rings (SSSR count). The van der Waals surface area contributed by atoms with Gasteiger partial charge in [-0.3, -0.25) is 6.08 Å². The van der Waals surface area contributed by atoms with Crippen LogP contribution in [-0.2, 0) is 21.7 Å². The Balaban J connectivity index is -0.000000165. The standard InChI is InChI=1S/C7H7.C5H5.2ClH.Ti/c1-7-5-3-2-4-6-7;1-2-4-5-3-1;;;/h2-6H,1H2;1-3H,4H2;2*1H;/q2*-1;;;+4/p-2. The molecule has 0 radical (unpaired) electrons. The van der Waals surface area contributed by atoms with E-state index >= 15 is 0 Å². The summed E-state index contributed by atoms with van der Waals surface area (Å²) in [5, 5.41) is 0. The van der Waals surface area contributed by atoms with Gasteiger partial charge in [0.2, 0.25) is 0 Å². The van der Waals surface area contributed by atoms with Crippen molar-refractivity contribution in [3.63, 3.8) is 0 Å². The van der Waals surface area contributed by atoms with Crippen molar-refractivity contribution in [1.82, 2.24) is 0 Å².